The van der Waals surface area contributed by atoms with E-state index in [9.17, 15) is 19.1 Å². The lowest BCUT2D eigenvalue weighted by atomic mass is 9.95. The van der Waals surface area contributed by atoms with Crippen LogP contribution in [0.15, 0.2) is 54.1 Å². The number of ketones is 1. The van der Waals surface area contributed by atoms with Crippen molar-refractivity contribution in [1.82, 2.24) is 9.80 Å². The Morgan fingerprint density at radius 3 is 2.53 bits per heavy atom. The van der Waals surface area contributed by atoms with Crippen molar-refractivity contribution in [2.45, 2.75) is 19.9 Å². The number of hydrogen-bond donors (Lipinski definition) is 1. The van der Waals surface area contributed by atoms with Crippen molar-refractivity contribution in [1.29, 1.82) is 0 Å². The number of amides is 1. The summed E-state index contributed by atoms with van der Waals surface area (Å²) in [7, 11) is 3.69. The van der Waals surface area contributed by atoms with Gasteiger partial charge in [-0.25, -0.2) is 4.39 Å². The summed E-state index contributed by atoms with van der Waals surface area (Å²) in [5, 5.41) is 11.1. The summed E-state index contributed by atoms with van der Waals surface area (Å²) < 4.78 is 20.5. The van der Waals surface area contributed by atoms with Gasteiger partial charge in [0.05, 0.1) is 18.2 Å². The molecule has 3 rings (SSSR count). The van der Waals surface area contributed by atoms with E-state index in [-0.39, 0.29) is 23.4 Å². The van der Waals surface area contributed by atoms with Gasteiger partial charge >= 0.3 is 0 Å². The fraction of sp³-hybridized carbons (Fsp3) is 0.360. The second-order valence-electron chi connectivity index (χ2n) is 8.55. The van der Waals surface area contributed by atoms with Crippen molar-refractivity contribution in [2.24, 2.45) is 5.92 Å². The van der Waals surface area contributed by atoms with E-state index >= 15 is 0 Å². The zero-order valence-electron chi connectivity index (χ0n) is 18.8. The summed E-state index contributed by atoms with van der Waals surface area (Å²) in [6, 6.07) is 11.7. The van der Waals surface area contributed by atoms with Crippen molar-refractivity contribution >= 4 is 17.4 Å². The molecule has 1 unspecified atom stereocenters. The van der Waals surface area contributed by atoms with E-state index in [0.29, 0.717) is 30.4 Å². The van der Waals surface area contributed by atoms with Gasteiger partial charge < -0.3 is 19.6 Å². The van der Waals surface area contributed by atoms with Crippen LogP contribution in [0.25, 0.3) is 5.76 Å². The monoisotopic (exact) mass is 440 g/mol. The Labute approximate surface area is 187 Å². The normalized spacial score (nSPS) is 18.1. The van der Waals surface area contributed by atoms with Crippen molar-refractivity contribution in [3.63, 3.8) is 0 Å². The molecule has 1 heterocycles. The lowest BCUT2D eigenvalue weighted by Gasteiger charge is -2.26. The minimum absolute atomic E-state index is 0.125. The first-order chi connectivity index (χ1) is 15.2. The maximum Gasteiger partial charge on any atom is 0.295 e. The Morgan fingerprint density at radius 1 is 1.16 bits per heavy atom. The molecule has 1 saturated heterocycles. The van der Waals surface area contributed by atoms with E-state index in [1.165, 1.54) is 17.0 Å². The largest absolute Gasteiger partial charge is 0.507 e. The van der Waals surface area contributed by atoms with E-state index in [0.717, 1.165) is 0 Å². The van der Waals surface area contributed by atoms with Gasteiger partial charge in [0.25, 0.3) is 11.7 Å². The van der Waals surface area contributed by atoms with Crippen LogP contribution in [0, 0.1) is 11.7 Å². The number of likely N-dealkylation sites (tertiary alicyclic amines) is 1. The molecule has 1 atom stereocenters. The summed E-state index contributed by atoms with van der Waals surface area (Å²) in [6.45, 7) is 5.23. The van der Waals surface area contributed by atoms with Crippen LogP contribution in [0.5, 0.6) is 5.75 Å². The highest BCUT2D eigenvalue weighted by atomic mass is 19.1. The van der Waals surface area contributed by atoms with Crippen LogP contribution in [0.3, 0.4) is 0 Å². The maximum atomic E-state index is 14.8. The third kappa shape index (κ3) is 4.99. The zero-order valence-corrected chi connectivity index (χ0v) is 18.8. The number of rotatable bonds is 8. The van der Waals surface area contributed by atoms with Crippen LogP contribution < -0.4 is 4.74 Å². The summed E-state index contributed by atoms with van der Waals surface area (Å²) in [5.41, 5.74) is 0.372. The molecule has 6 nitrogen and oxygen atoms in total. The van der Waals surface area contributed by atoms with Crippen LogP contribution in [-0.4, -0.2) is 60.4 Å². The summed E-state index contributed by atoms with van der Waals surface area (Å²) in [4.78, 5) is 29.1. The third-order valence-electron chi connectivity index (χ3n) is 5.22. The van der Waals surface area contributed by atoms with E-state index in [1.807, 2.05) is 32.8 Å². The second kappa shape index (κ2) is 9.96. The first kappa shape index (κ1) is 23.5. The van der Waals surface area contributed by atoms with Crippen molar-refractivity contribution < 1.29 is 23.8 Å². The third-order valence-corrected chi connectivity index (χ3v) is 5.22. The highest BCUT2D eigenvalue weighted by molar-refractivity contribution is 6.46. The fourth-order valence-electron chi connectivity index (χ4n) is 3.59. The van der Waals surface area contributed by atoms with Gasteiger partial charge in [-0.3, -0.25) is 9.59 Å². The van der Waals surface area contributed by atoms with Gasteiger partial charge in [-0.05, 0) is 38.2 Å². The number of likely N-dealkylation sites (N-methyl/N-ethyl adjacent to an activating group) is 1. The SMILES string of the molecule is CC(C)COc1cccc(/C(O)=C2/C(=O)C(=O)N(CCN(C)C)C2c2ccccc2F)c1. The molecule has 2 aromatic carbocycles. The minimum Gasteiger partial charge on any atom is -0.507 e. The van der Waals surface area contributed by atoms with E-state index < -0.39 is 23.5 Å². The maximum absolute atomic E-state index is 14.8. The Bertz CT molecular complexity index is 1030. The first-order valence-electron chi connectivity index (χ1n) is 10.6. The molecular weight excluding hydrogens is 411 g/mol. The molecule has 170 valence electrons. The van der Waals surface area contributed by atoms with E-state index in [2.05, 4.69) is 0 Å². The van der Waals surface area contributed by atoms with Crippen LogP contribution in [0.1, 0.15) is 31.0 Å². The molecule has 0 radical (unpaired) electrons. The molecule has 0 bridgehead atoms. The van der Waals surface area contributed by atoms with Gasteiger partial charge in [0.2, 0.25) is 0 Å². The number of halogens is 1. The molecule has 1 aliphatic rings. The van der Waals surface area contributed by atoms with E-state index in [1.54, 1.807) is 36.4 Å². The lowest BCUT2D eigenvalue weighted by molar-refractivity contribution is -0.140. The summed E-state index contributed by atoms with van der Waals surface area (Å²) >= 11 is 0. The van der Waals surface area contributed by atoms with Crippen LogP contribution in [0.2, 0.25) is 0 Å². The quantitative estimate of drug-likeness (QED) is 0.384. The number of nitrogens with zero attached hydrogens (tertiary/aromatic N) is 2. The average Bonchev–Trinajstić information content (AvgIpc) is 3.00. The Morgan fingerprint density at radius 2 is 1.88 bits per heavy atom. The van der Waals surface area contributed by atoms with Gasteiger partial charge in [0, 0.05) is 24.2 Å². The molecule has 1 N–H and O–H groups in total. The topological polar surface area (TPSA) is 70.1 Å². The Kier molecular flexibility index (Phi) is 7.30. The highest BCUT2D eigenvalue weighted by Gasteiger charge is 2.46. The number of carbonyl (C=O) groups excluding carboxylic acids is 2. The van der Waals surface area contributed by atoms with Gasteiger partial charge in [0.15, 0.2) is 0 Å². The molecule has 0 saturated carbocycles. The van der Waals surface area contributed by atoms with Gasteiger partial charge in [-0.1, -0.05) is 44.2 Å². The van der Waals surface area contributed by atoms with Crippen molar-refractivity contribution in [3.8, 4) is 5.75 Å². The molecule has 0 aliphatic carbocycles. The molecule has 1 aliphatic heterocycles. The number of hydrogen-bond acceptors (Lipinski definition) is 5. The smallest absolute Gasteiger partial charge is 0.295 e. The zero-order chi connectivity index (χ0) is 23.4. The Balaban J connectivity index is 2.10. The second-order valence-corrected chi connectivity index (χ2v) is 8.55. The molecule has 2 aromatic rings. The minimum atomic E-state index is -1.02. The van der Waals surface area contributed by atoms with Crippen LogP contribution in [-0.2, 0) is 9.59 Å². The predicted molar refractivity (Wildman–Crippen MR) is 121 cm³/mol. The highest BCUT2D eigenvalue weighted by Crippen LogP contribution is 2.40. The number of benzene rings is 2. The average molecular weight is 441 g/mol. The van der Waals surface area contributed by atoms with E-state index in [4.69, 9.17) is 4.74 Å². The number of ether oxygens (including phenoxy) is 1. The fourth-order valence-corrected chi connectivity index (χ4v) is 3.59. The molecule has 7 heteroatoms. The number of aliphatic hydroxyl groups excluding tert-OH is 1. The molecule has 0 aromatic heterocycles. The van der Waals surface area contributed by atoms with Crippen LogP contribution in [0.4, 0.5) is 4.39 Å². The first-order valence-corrected chi connectivity index (χ1v) is 10.6. The number of aliphatic hydroxyl groups is 1. The molecule has 1 fully saturated rings. The predicted octanol–water partition coefficient (Wildman–Crippen LogP) is 3.84. The van der Waals surface area contributed by atoms with Gasteiger partial charge in [-0.2, -0.15) is 0 Å². The number of Topliss-reactive ketones (excluding diaryl/α,β-unsaturated/α-hetero) is 1. The van der Waals surface area contributed by atoms with Crippen molar-refractivity contribution in [3.05, 3.63) is 71.0 Å². The van der Waals surface area contributed by atoms with Crippen LogP contribution >= 0.6 is 0 Å². The molecule has 0 spiro atoms. The lowest BCUT2D eigenvalue weighted by Crippen LogP contribution is -2.35. The standard InChI is InChI=1S/C25H29FN2O4/c1-16(2)15-32-18-9-7-8-17(14-18)23(29)21-22(19-10-5-6-11-20(19)26)28(13-12-27(3)4)25(31)24(21)30/h5-11,14,16,22,29H,12-13,15H2,1-4H3/b23-21-. The Hall–Kier alpha value is -3.19. The summed E-state index contributed by atoms with van der Waals surface area (Å²) in [6.07, 6.45) is 0. The van der Waals surface area contributed by atoms with Crippen molar-refractivity contribution in [2.75, 3.05) is 33.8 Å². The van der Waals surface area contributed by atoms with Gasteiger partial charge in [0.1, 0.15) is 17.3 Å². The number of carbonyl (C=O) groups is 2. The molecule has 1 amide bonds. The molecular formula is C25H29FN2O4. The summed E-state index contributed by atoms with van der Waals surface area (Å²) in [5.74, 6) is -1.63. The molecule has 32 heavy (non-hydrogen) atoms. The van der Waals surface area contributed by atoms with Gasteiger partial charge in [-0.15, -0.1) is 0 Å².